The molecule has 1 aromatic heterocycles. The number of hydrogen-bond acceptors (Lipinski definition) is 9. The van der Waals surface area contributed by atoms with Crippen LogP contribution in [0.15, 0.2) is 12.3 Å². The van der Waals surface area contributed by atoms with E-state index in [1.807, 2.05) is 6.92 Å². The lowest BCUT2D eigenvalue weighted by atomic mass is 9.90. The zero-order valence-corrected chi connectivity index (χ0v) is 21.5. The fourth-order valence-corrected chi connectivity index (χ4v) is 4.02. The van der Waals surface area contributed by atoms with Crippen molar-refractivity contribution in [3.05, 3.63) is 18.0 Å². The van der Waals surface area contributed by atoms with E-state index >= 15 is 0 Å². The largest absolute Gasteiger partial charge is 0.493 e. The molecule has 1 saturated heterocycles. The number of hydrogen-bond donors (Lipinski definition) is 1. The Balaban J connectivity index is 2.18. The molecule has 0 bridgehead atoms. The Labute approximate surface area is 207 Å². The zero-order valence-electron chi connectivity index (χ0n) is 21.5. The van der Waals surface area contributed by atoms with E-state index in [9.17, 15) is 14.4 Å². The average Bonchev–Trinajstić information content (AvgIpc) is 2.86. The SMILES string of the molecule is CCC1CCCC(NC(=O)c2nccc(OC)c2OCOC(C)=O)C(=O)OC(C)C1OCC(C)C. The van der Waals surface area contributed by atoms with Crippen LogP contribution in [0.3, 0.4) is 0 Å². The quantitative estimate of drug-likeness (QED) is 0.386. The van der Waals surface area contributed by atoms with Gasteiger partial charge < -0.3 is 29.0 Å². The van der Waals surface area contributed by atoms with Crippen LogP contribution in [0, 0.1) is 11.8 Å². The second-order valence-electron chi connectivity index (χ2n) is 9.05. The van der Waals surface area contributed by atoms with Gasteiger partial charge in [0.15, 0.2) is 17.2 Å². The second kappa shape index (κ2) is 13.9. The van der Waals surface area contributed by atoms with Gasteiger partial charge in [-0.05, 0) is 31.6 Å². The summed E-state index contributed by atoms with van der Waals surface area (Å²) in [5, 5.41) is 2.73. The predicted molar refractivity (Wildman–Crippen MR) is 127 cm³/mol. The summed E-state index contributed by atoms with van der Waals surface area (Å²) in [7, 11) is 1.41. The average molecular weight is 495 g/mol. The number of aromatic nitrogens is 1. The maximum Gasteiger partial charge on any atom is 0.329 e. The van der Waals surface area contributed by atoms with Gasteiger partial charge in [0, 0.05) is 25.8 Å². The van der Waals surface area contributed by atoms with E-state index in [4.69, 9.17) is 23.7 Å². The van der Waals surface area contributed by atoms with Crippen LogP contribution in [-0.2, 0) is 23.8 Å². The highest BCUT2D eigenvalue weighted by molar-refractivity contribution is 5.98. The highest BCUT2D eigenvalue weighted by Crippen LogP contribution is 2.30. The number of methoxy groups -OCH3 is 1. The van der Waals surface area contributed by atoms with Gasteiger partial charge in [0.25, 0.3) is 5.91 Å². The molecule has 0 spiro atoms. The standard InChI is InChI=1S/C25H38N2O8/c1-7-18-9-8-10-19(25(30)35-16(4)22(18)32-13-15(2)3)27-24(29)21-23(34-14-33-17(5)28)20(31-6)11-12-26-21/h11-12,15-16,18-19,22H,7-10,13-14H2,1-6H3,(H,27,29). The molecule has 0 radical (unpaired) electrons. The van der Waals surface area contributed by atoms with Crippen LogP contribution in [0.25, 0.3) is 0 Å². The number of carbonyl (C=O) groups excluding carboxylic acids is 3. The monoisotopic (exact) mass is 494 g/mol. The fraction of sp³-hybridized carbons (Fsp3) is 0.680. The molecule has 4 atom stereocenters. The topological polar surface area (TPSA) is 122 Å². The molecule has 4 unspecified atom stereocenters. The Kier molecular flexibility index (Phi) is 11.2. The lowest BCUT2D eigenvalue weighted by Gasteiger charge is -2.31. The van der Waals surface area contributed by atoms with E-state index in [1.165, 1.54) is 26.3 Å². The molecule has 2 rings (SSSR count). The molecule has 1 N–H and O–H groups in total. The van der Waals surface area contributed by atoms with Crippen molar-refractivity contribution in [3.63, 3.8) is 0 Å². The van der Waals surface area contributed by atoms with Gasteiger partial charge in [0.2, 0.25) is 6.79 Å². The zero-order chi connectivity index (χ0) is 26.0. The van der Waals surface area contributed by atoms with Crippen LogP contribution in [-0.4, -0.2) is 61.6 Å². The number of nitrogens with zero attached hydrogens (tertiary/aromatic N) is 1. The van der Waals surface area contributed by atoms with Crippen LogP contribution in [0.5, 0.6) is 11.5 Å². The number of esters is 2. The highest BCUT2D eigenvalue weighted by Gasteiger charge is 2.35. The molecule has 0 saturated carbocycles. The first kappa shape index (κ1) is 28.4. The first-order valence-corrected chi connectivity index (χ1v) is 12.1. The third-order valence-electron chi connectivity index (χ3n) is 5.80. The molecule has 2 heterocycles. The highest BCUT2D eigenvalue weighted by atomic mass is 16.7. The predicted octanol–water partition coefficient (Wildman–Crippen LogP) is 3.27. The van der Waals surface area contributed by atoms with E-state index in [-0.39, 0.29) is 29.2 Å². The number of cyclic esters (lactones) is 1. The first-order chi connectivity index (χ1) is 16.7. The van der Waals surface area contributed by atoms with Gasteiger partial charge in [-0.3, -0.25) is 9.59 Å². The summed E-state index contributed by atoms with van der Waals surface area (Å²) in [6, 6.07) is 0.651. The van der Waals surface area contributed by atoms with Gasteiger partial charge in [-0.15, -0.1) is 0 Å². The van der Waals surface area contributed by atoms with Crippen molar-refractivity contribution in [1.82, 2.24) is 10.3 Å². The molecule has 1 fully saturated rings. The Morgan fingerprint density at radius 3 is 2.66 bits per heavy atom. The Morgan fingerprint density at radius 1 is 1.29 bits per heavy atom. The van der Waals surface area contributed by atoms with Gasteiger partial charge in [-0.25, -0.2) is 9.78 Å². The number of ether oxygens (including phenoxy) is 5. The number of carbonyl (C=O) groups is 3. The third kappa shape index (κ3) is 8.38. The molecular weight excluding hydrogens is 456 g/mol. The minimum absolute atomic E-state index is 0.00625. The molecule has 1 aliphatic heterocycles. The minimum atomic E-state index is -0.861. The summed E-state index contributed by atoms with van der Waals surface area (Å²) in [5.74, 6) is -0.843. The van der Waals surface area contributed by atoms with E-state index in [2.05, 4.69) is 31.1 Å². The molecule has 10 nitrogen and oxygen atoms in total. The van der Waals surface area contributed by atoms with Crippen molar-refractivity contribution in [2.24, 2.45) is 11.8 Å². The normalized spacial score (nSPS) is 22.9. The molecule has 0 aliphatic carbocycles. The number of rotatable bonds is 10. The Bertz CT molecular complexity index is 860. The molecule has 0 aromatic carbocycles. The van der Waals surface area contributed by atoms with Gasteiger partial charge in [-0.2, -0.15) is 0 Å². The van der Waals surface area contributed by atoms with Gasteiger partial charge in [0.1, 0.15) is 12.1 Å². The van der Waals surface area contributed by atoms with Crippen molar-refractivity contribution in [1.29, 1.82) is 0 Å². The van der Waals surface area contributed by atoms with Gasteiger partial charge in [0.05, 0.1) is 13.2 Å². The lowest BCUT2D eigenvalue weighted by molar-refractivity contribution is -0.161. The van der Waals surface area contributed by atoms with Crippen LogP contribution >= 0.6 is 0 Å². The van der Waals surface area contributed by atoms with Gasteiger partial charge in [-0.1, -0.05) is 33.6 Å². The molecule has 35 heavy (non-hydrogen) atoms. The molecule has 1 amide bonds. The van der Waals surface area contributed by atoms with E-state index in [0.29, 0.717) is 25.4 Å². The number of nitrogens with one attached hydrogen (secondary N) is 1. The van der Waals surface area contributed by atoms with Crippen molar-refractivity contribution < 1.29 is 38.1 Å². The summed E-state index contributed by atoms with van der Waals surface area (Å²) in [4.78, 5) is 41.3. The summed E-state index contributed by atoms with van der Waals surface area (Å²) in [6.45, 7) is 9.50. The smallest absolute Gasteiger partial charge is 0.329 e. The van der Waals surface area contributed by atoms with E-state index in [1.54, 1.807) is 0 Å². The summed E-state index contributed by atoms with van der Waals surface area (Å²) in [5.41, 5.74) is -0.0956. The summed E-state index contributed by atoms with van der Waals surface area (Å²) < 4.78 is 27.4. The minimum Gasteiger partial charge on any atom is -0.493 e. The van der Waals surface area contributed by atoms with Crippen molar-refractivity contribution in [3.8, 4) is 11.5 Å². The molecule has 1 aliphatic rings. The van der Waals surface area contributed by atoms with Crippen LogP contribution in [0.1, 0.15) is 70.8 Å². The maximum absolute atomic E-state index is 13.1. The van der Waals surface area contributed by atoms with Crippen LogP contribution in [0.4, 0.5) is 0 Å². The Morgan fingerprint density at radius 2 is 2.03 bits per heavy atom. The summed E-state index contributed by atoms with van der Waals surface area (Å²) >= 11 is 0. The third-order valence-corrected chi connectivity index (χ3v) is 5.80. The first-order valence-electron chi connectivity index (χ1n) is 12.1. The van der Waals surface area contributed by atoms with Crippen LogP contribution in [0.2, 0.25) is 0 Å². The molecule has 10 heteroatoms. The van der Waals surface area contributed by atoms with E-state index in [0.717, 1.165) is 12.8 Å². The van der Waals surface area contributed by atoms with Crippen molar-refractivity contribution in [2.75, 3.05) is 20.5 Å². The number of amides is 1. The Hall–Kier alpha value is -2.88. The fourth-order valence-electron chi connectivity index (χ4n) is 4.02. The van der Waals surface area contributed by atoms with E-state index < -0.39 is 36.8 Å². The lowest BCUT2D eigenvalue weighted by Crippen LogP contribution is -2.44. The van der Waals surface area contributed by atoms with Gasteiger partial charge >= 0.3 is 11.9 Å². The number of pyridine rings is 1. The van der Waals surface area contributed by atoms with Crippen LogP contribution < -0.4 is 14.8 Å². The maximum atomic E-state index is 13.1. The molecular formula is C25H38N2O8. The summed E-state index contributed by atoms with van der Waals surface area (Å²) in [6.07, 6.45) is 3.60. The molecule has 1 aromatic rings. The second-order valence-corrected chi connectivity index (χ2v) is 9.05. The van der Waals surface area contributed by atoms with Crippen molar-refractivity contribution >= 4 is 17.8 Å². The molecule has 196 valence electrons. The van der Waals surface area contributed by atoms with Crippen molar-refractivity contribution in [2.45, 2.75) is 78.6 Å².